The monoisotopic (exact) mass is 219 g/mol. The number of halogens is 3. The molecule has 0 bridgehead atoms. The molecule has 1 aromatic carbocycles. The fourth-order valence-corrected chi connectivity index (χ4v) is 0.876. The fourth-order valence-electron chi connectivity index (χ4n) is 0.876. The van der Waals surface area contributed by atoms with Gasteiger partial charge in [0.05, 0.1) is 11.3 Å². The van der Waals surface area contributed by atoms with E-state index in [-0.39, 0.29) is 11.3 Å². The number of hydrogen-bond donors (Lipinski definition) is 1. The molecular weight excluding hydrogens is 211 g/mol. The van der Waals surface area contributed by atoms with Crippen molar-refractivity contribution in [3.8, 4) is 0 Å². The molecule has 0 aliphatic carbocycles. The first kappa shape index (κ1) is 11.4. The van der Waals surface area contributed by atoms with E-state index in [2.05, 4.69) is 4.74 Å². The van der Waals surface area contributed by atoms with Crippen LogP contribution < -0.4 is 5.73 Å². The van der Waals surface area contributed by atoms with E-state index in [9.17, 15) is 18.0 Å². The molecule has 0 aromatic heterocycles. The van der Waals surface area contributed by atoms with E-state index in [0.29, 0.717) is 0 Å². The molecule has 0 aliphatic heterocycles. The minimum Gasteiger partial charge on any atom is -0.456 e. The quantitative estimate of drug-likeness (QED) is 0.623. The van der Waals surface area contributed by atoms with Gasteiger partial charge in [0, 0.05) is 0 Å². The van der Waals surface area contributed by atoms with Crippen LogP contribution in [-0.4, -0.2) is 19.0 Å². The Kier molecular flexibility index (Phi) is 3.54. The van der Waals surface area contributed by atoms with Gasteiger partial charge in [-0.2, -0.15) is 0 Å². The largest absolute Gasteiger partial charge is 0.456 e. The van der Waals surface area contributed by atoms with Gasteiger partial charge in [-0.15, -0.1) is 0 Å². The van der Waals surface area contributed by atoms with Crippen molar-refractivity contribution >= 4 is 11.7 Å². The summed E-state index contributed by atoms with van der Waals surface area (Å²) in [4.78, 5) is 11.0. The third-order valence-corrected chi connectivity index (χ3v) is 1.58. The Morgan fingerprint density at radius 2 is 2.13 bits per heavy atom. The van der Waals surface area contributed by atoms with E-state index >= 15 is 0 Å². The smallest absolute Gasteiger partial charge is 0.338 e. The summed E-state index contributed by atoms with van der Waals surface area (Å²) in [6.07, 6.45) is -2.74. The van der Waals surface area contributed by atoms with Crippen molar-refractivity contribution in [1.82, 2.24) is 0 Å². The number of benzene rings is 1. The van der Waals surface area contributed by atoms with Gasteiger partial charge in [-0.05, 0) is 18.2 Å². The van der Waals surface area contributed by atoms with Crippen molar-refractivity contribution in [2.75, 3.05) is 12.3 Å². The molecule has 0 fully saturated rings. The first-order chi connectivity index (χ1) is 7.00. The van der Waals surface area contributed by atoms with Crippen molar-refractivity contribution in [2.24, 2.45) is 0 Å². The number of ether oxygens (including phenoxy) is 1. The highest BCUT2D eigenvalue weighted by atomic mass is 19.3. The van der Waals surface area contributed by atoms with Crippen LogP contribution in [0.2, 0.25) is 0 Å². The van der Waals surface area contributed by atoms with Crippen LogP contribution in [0.5, 0.6) is 0 Å². The summed E-state index contributed by atoms with van der Waals surface area (Å²) in [5, 5.41) is 0. The van der Waals surface area contributed by atoms with Crippen LogP contribution in [0.4, 0.5) is 18.9 Å². The van der Waals surface area contributed by atoms with Crippen LogP contribution in [0.15, 0.2) is 18.2 Å². The Morgan fingerprint density at radius 1 is 1.47 bits per heavy atom. The van der Waals surface area contributed by atoms with Crippen LogP contribution in [0.25, 0.3) is 0 Å². The molecule has 0 saturated heterocycles. The predicted molar refractivity (Wildman–Crippen MR) is 47.1 cm³/mol. The Balaban J connectivity index is 2.70. The summed E-state index contributed by atoms with van der Waals surface area (Å²) in [7, 11) is 0. The number of esters is 1. The lowest BCUT2D eigenvalue weighted by atomic mass is 10.2. The number of hydrogen-bond acceptors (Lipinski definition) is 3. The van der Waals surface area contributed by atoms with E-state index in [0.717, 1.165) is 12.1 Å². The average Bonchev–Trinajstić information content (AvgIpc) is 2.18. The zero-order valence-electron chi connectivity index (χ0n) is 7.54. The van der Waals surface area contributed by atoms with Crippen molar-refractivity contribution in [3.05, 3.63) is 29.6 Å². The summed E-state index contributed by atoms with van der Waals surface area (Å²) in [5.41, 5.74) is 4.89. The Bertz CT molecular complexity index is 368. The number of alkyl halides is 2. The third kappa shape index (κ3) is 3.16. The molecule has 0 atom stereocenters. The molecule has 1 rings (SSSR count). The van der Waals surface area contributed by atoms with E-state index in [1.165, 1.54) is 6.07 Å². The highest BCUT2D eigenvalue weighted by Gasteiger charge is 2.12. The number of nitrogen functional groups attached to an aromatic ring is 1. The van der Waals surface area contributed by atoms with Gasteiger partial charge in [0.2, 0.25) is 0 Å². The van der Waals surface area contributed by atoms with E-state index in [1.807, 2.05) is 0 Å². The number of rotatable bonds is 3. The molecule has 0 heterocycles. The van der Waals surface area contributed by atoms with Gasteiger partial charge >= 0.3 is 5.97 Å². The number of anilines is 1. The van der Waals surface area contributed by atoms with Crippen LogP contribution in [-0.2, 0) is 4.74 Å². The van der Waals surface area contributed by atoms with Crippen molar-refractivity contribution in [1.29, 1.82) is 0 Å². The van der Waals surface area contributed by atoms with Gasteiger partial charge in [-0.1, -0.05) is 0 Å². The lowest BCUT2D eigenvalue weighted by molar-refractivity contribution is 0.0159. The maximum atomic E-state index is 12.9. The third-order valence-electron chi connectivity index (χ3n) is 1.58. The number of nitrogens with two attached hydrogens (primary N) is 1. The molecule has 0 radical (unpaired) electrons. The van der Waals surface area contributed by atoms with E-state index in [1.54, 1.807) is 0 Å². The zero-order chi connectivity index (χ0) is 11.4. The molecule has 82 valence electrons. The first-order valence-electron chi connectivity index (χ1n) is 4.01. The van der Waals surface area contributed by atoms with E-state index in [4.69, 9.17) is 5.73 Å². The first-order valence-corrected chi connectivity index (χ1v) is 4.01. The average molecular weight is 219 g/mol. The highest BCUT2D eigenvalue weighted by Crippen LogP contribution is 2.13. The molecule has 2 N–H and O–H groups in total. The number of carbonyl (C=O) groups excluding carboxylic acids is 1. The summed E-state index contributed by atoms with van der Waals surface area (Å²) < 4.78 is 40.4. The van der Waals surface area contributed by atoms with Crippen molar-refractivity contribution in [2.45, 2.75) is 6.43 Å². The molecule has 3 nitrogen and oxygen atoms in total. The summed E-state index contributed by atoms with van der Waals surface area (Å²) in [6.45, 7) is -1.01. The Morgan fingerprint density at radius 3 is 2.67 bits per heavy atom. The van der Waals surface area contributed by atoms with E-state index < -0.39 is 24.8 Å². The second-order valence-corrected chi connectivity index (χ2v) is 2.73. The van der Waals surface area contributed by atoms with Gasteiger partial charge in [-0.3, -0.25) is 0 Å². The topological polar surface area (TPSA) is 52.3 Å². The van der Waals surface area contributed by atoms with Crippen LogP contribution in [0, 0.1) is 5.82 Å². The van der Waals surface area contributed by atoms with Gasteiger partial charge in [-0.25, -0.2) is 18.0 Å². The lowest BCUT2D eigenvalue weighted by Crippen LogP contribution is -2.12. The molecule has 0 spiro atoms. The van der Waals surface area contributed by atoms with Gasteiger partial charge in [0.1, 0.15) is 5.82 Å². The zero-order valence-corrected chi connectivity index (χ0v) is 7.54. The minimum absolute atomic E-state index is 0.125. The molecule has 0 amide bonds. The second-order valence-electron chi connectivity index (χ2n) is 2.73. The molecular formula is C9H8F3NO2. The predicted octanol–water partition coefficient (Wildman–Crippen LogP) is 1.83. The molecule has 0 saturated carbocycles. The van der Waals surface area contributed by atoms with Crippen LogP contribution in [0.1, 0.15) is 10.4 Å². The van der Waals surface area contributed by atoms with Crippen LogP contribution in [0.3, 0.4) is 0 Å². The van der Waals surface area contributed by atoms with Gasteiger partial charge < -0.3 is 10.5 Å². The Hall–Kier alpha value is -1.72. The highest BCUT2D eigenvalue weighted by molar-refractivity contribution is 5.89. The van der Waals surface area contributed by atoms with Crippen LogP contribution >= 0.6 is 0 Å². The molecule has 6 heteroatoms. The minimum atomic E-state index is -2.74. The lowest BCUT2D eigenvalue weighted by Gasteiger charge is -2.04. The maximum Gasteiger partial charge on any atom is 0.338 e. The van der Waals surface area contributed by atoms with Gasteiger partial charge in [0.15, 0.2) is 6.61 Å². The normalized spacial score (nSPS) is 10.4. The van der Waals surface area contributed by atoms with Crippen molar-refractivity contribution in [3.63, 3.8) is 0 Å². The molecule has 15 heavy (non-hydrogen) atoms. The van der Waals surface area contributed by atoms with Gasteiger partial charge in [0.25, 0.3) is 6.43 Å². The molecule has 0 aliphatic rings. The summed E-state index contributed by atoms with van der Waals surface area (Å²) in [6, 6.07) is 3.20. The molecule has 1 aromatic rings. The summed E-state index contributed by atoms with van der Waals surface area (Å²) >= 11 is 0. The van der Waals surface area contributed by atoms with Crippen molar-refractivity contribution < 1.29 is 22.7 Å². The number of carbonyl (C=O) groups is 1. The maximum absolute atomic E-state index is 12.9. The fraction of sp³-hybridized carbons (Fsp3) is 0.222. The Labute approximate surface area is 83.6 Å². The summed E-state index contributed by atoms with van der Waals surface area (Å²) in [5.74, 6) is -1.80. The standard InChI is InChI=1S/C9H8F3NO2/c10-6-3-5(1-2-7(6)13)9(14)15-4-8(11)12/h1-3,8H,4,13H2. The molecule has 0 unspecified atom stereocenters. The second kappa shape index (κ2) is 4.68. The SMILES string of the molecule is Nc1ccc(C(=O)OCC(F)F)cc1F.